The average molecular weight is 383 g/mol. The maximum Gasteiger partial charge on any atom is 0.223 e. The zero-order valence-electron chi connectivity index (χ0n) is 17.8. The van der Waals surface area contributed by atoms with Crippen LogP contribution < -0.4 is 0 Å². The van der Waals surface area contributed by atoms with E-state index in [1.807, 2.05) is 11.0 Å². The highest BCUT2D eigenvalue weighted by Gasteiger charge is 2.27. The molecule has 1 amide bonds. The first-order valence-corrected chi connectivity index (χ1v) is 10.7. The van der Waals surface area contributed by atoms with Crippen molar-refractivity contribution in [1.29, 1.82) is 0 Å². The Bertz CT molecular complexity index is 781. The summed E-state index contributed by atoms with van der Waals surface area (Å²) in [6, 6.07) is 10.4. The molecule has 1 aromatic heterocycles. The first-order chi connectivity index (χ1) is 13.5. The summed E-state index contributed by atoms with van der Waals surface area (Å²) in [4.78, 5) is 17.1. The van der Waals surface area contributed by atoms with Crippen LogP contribution >= 0.6 is 0 Å². The van der Waals surface area contributed by atoms with Crippen LogP contribution in [0.25, 0.3) is 5.69 Å². The van der Waals surface area contributed by atoms with E-state index < -0.39 is 0 Å². The van der Waals surface area contributed by atoms with Crippen LogP contribution in [-0.4, -0.2) is 45.1 Å². The zero-order chi connectivity index (χ0) is 20.1. The Morgan fingerprint density at radius 1 is 1.21 bits per heavy atom. The summed E-state index contributed by atoms with van der Waals surface area (Å²) in [6.45, 7) is 12.9. The lowest BCUT2D eigenvalue weighted by Crippen LogP contribution is -2.34. The van der Waals surface area contributed by atoms with Gasteiger partial charge in [-0.1, -0.05) is 39.0 Å². The topological polar surface area (TPSA) is 41.4 Å². The van der Waals surface area contributed by atoms with E-state index in [4.69, 9.17) is 5.10 Å². The summed E-state index contributed by atoms with van der Waals surface area (Å²) in [5.74, 6) is 0.596. The Kier molecular flexibility index (Phi) is 6.89. The predicted molar refractivity (Wildman–Crippen MR) is 113 cm³/mol. The van der Waals surface area contributed by atoms with E-state index in [2.05, 4.69) is 61.5 Å². The van der Waals surface area contributed by atoms with Crippen molar-refractivity contribution >= 4 is 5.91 Å². The van der Waals surface area contributed by atoms with Crippen molar-refractivity contribution < 1.29 is 4.79 Å². The molecule has 0 N–H and O–H groups in total. The predicted octanol–water partition coefficient (Wildman–Crippen LogP) is 4.04. The summed E-state index contributed by atoms with van der Waals surface area (Å²) >= 11 is 0. The molecule has 0 saturated carbocycles. The molecule has 1 aliphatic heterocycles. The summed E-state index contributed by atoms with van der Waals surface area (Å²) in [6.07, 6.45) is 2.76. The molecule has 5 heteroatoms. The van der Waals surface area contributed by atoms with Crippen LogP contribution in [0.2, 0.25) is 0 Å². The number of carbonyl (C=O) groups is 1. The number of para-hydroxylation sites is 1. The third kappa shape index (κ3) is 4.64. The monoisotopic (exact) mass is 382 g/mol. The molecule has 2 aromatic rings. The second kappa shape index (κ2) is 9.37. The minimum atomic E-state index is 0.224. The average Bonchev–Trinajstić information content (AvgIpc) is 3.04. The van der Waals surface area contributed by atoms with Gasteiger partial charge in [-0.2, -0.15) is 5.10 Å². The molecule has 0 spiro atoms. The maximum atomic E-state index is 12.7. The second-order valence-electron chi connectivity index (χ2n) is 8.15. The van der Waals surface area contributed by atoms with E-state index in [0.29, 0.717) is 18.9 Å². The Balaban J connectivity index is 1.93. The van der Waals surface area contributed by atoms with Gasteiger partial charge >= 0.3 is 0 Å². The highest BCUT2D eigenvalue weighted by atomic mass is 16.2. The Hall–Kier alpha value is -2.14. The molecule has 0 aliphatic carbocycles. The standard InChI is InChI=1S/C23H34N4O/c1-5-13-25-14-12-22-20(16-25)21(17-26(6-2)23(28)15-18(3)4)24-27(22)19-10-8-7-9-11-19/h7-11,18H,5-6,12-17H2,1-4H3. The van der Waals surface area contributed by atoms with Crippen LogP contribution in [0.1, 0.15) is 57.5 Å². The van der Waals surface area contributed by atoms with E-state index in [9.17, 15) is 4.79 Å². The number of fused-ring (bicyclic) bond motifs is 1. The number of carbonyl (C=O) groups excluding carboxylic acids is 1. The highest BCUT2D eigenvalue weighted by molar-refractivity contribution is 5.76. The lowest BCUT2D eigenvalue weighted by Gasteiger charge is -2.28. The third-order valence-corrected chi connectivity index (χ3v) is 5.42. The van der Waals surface area contributed by atoms with Crippen molar-refractivity contribution in [3.05, 3.63) is 47.3 Å². The van der Waals surface area contributed by atoms with Gasteiger partial charge < -0.3 is 4.90 Å². The molecule has 0 radical (unpaired) electrons. The molecule has 152 valence electrons. The van der Waals surface area contributed by atoms with Crippen LogP contribution in [0, 0.1) is 5.92 Å². The number of aromatic nitrogens is 2. The van der Waals surface area contributed by atoms with Gasteiger partial charge in [0.1, 0.15) is 0 Å². The zero-order valence-corrected chi connectivity index (χ0v) is 17.8. The van der Waals surface area contributed by atoms with Crippen LogP contribution in [0.4, 0.5) is 0 Å². The SMILES string of the molecule is CCCN1CCc2c(c(CN(CC)C(=O)CC(C)C)nn2-c2ccccc2)C1. The van der Waals surface area contributed by atoms with Gasteiger partial charge in [0.05, 0.1) is 23.6 Å². The van der Waals surface area contributed by atoms with Crippen molar-refractivity contribution in [1.82, 2.24) is 19.6 Å². The van der Waals surface area contributed by atoms with Crippen molar-refractivity contribution in [2.45, 2.75) is 60.0 Å². The van der Waals surface area contributed by atoms with Gasteiger partial charge in [-0.3, -0.25) is 9.69 Å². The molecule has 5 nitrogen and oxygen atoms in total. The number of hydrogen-bond donors (Lipinski definition) is 0. The fourth-order valence-electron chi connectivity index (χ4n) is 3.99. The molecular weight excluding hydrogens is 348 g/mol. The van der Waals surface area contributed by atoms with Gasteiger partial charge in [0.15, 0.2) is 0 Å². The van der Waals surface area contributed by atoms with Crippen molar-refractivity contribution in [2.24, 2.45) is 5.92 Å². The van der Waals surface area contributed by atoms with Gasteiger partial charge in [0.2, 0.25) is 5.91 Å². The van der Waals surface area contributed by atoms with E-state index >= 15 is 0 Å². The summed E-state index contributed by atoms with van der Waals surface area (Å²) in [7, 11) is 0. The molecule has 0 atom stereocenters. The van der Waals surface area contributed by atoms with Gasteiger partial charge in [-0.25, -0.2) is 4.68 Å². The Morgan fingerprint density at radius 3 is 2.61 bits per heavy atom. The molecule has 1 aliphatic rings. The van der Waals surface area contributed by atoms with Crippen molar-refractivity contribution in [3.63, 3.8) is 0 Å². The first kappa shape index (κ1) is 20.6. The molecule has 2 heterocycles. The summed E-state index contributed by atoms with van der Waals surface area (Å²) in [5, 5.41) is 5.00. The lowest BCUT2D eigenvalue weighted by atomic mass is 10.0. The smallest absolute Gasteiger partial charge is 0.223 e. The molecular formula is C23H34N4O. The molecule has 0 saturated heterocycles. The summed E-state index contributed by atoms with van der Waals surface area (Å²) in [5.41, 5.74) is 4.78. The van der Waals surface area contributed by atoms with Gasteiger partial charge in [-0.15, -0.1) is 0 Å². The molecule has 28 heavy (non-hydrogen) atoms. The number of hydrogen-bond acceptors (Lipinski definition) is 3. The third-order valence-electron chi connectivity index (χ3n) is 5.42. The Labute approximate surface area is 169 Å². The molecule has 1 aromatic carbocycles. The number of benzene rings is 1. The van der Waals surface area contributed by atoms with Crippen molar-refractivity contribution in [2.75, 3.05) is 19.6 Å². The van der Waals surface area contributed by atoms with Crippen LogP contribution in [0.5, 0.6) is 0 Å². The fourth-order valence-corrected chi connectivity index (χ4v) is 3.99. The van der Waals surface area contributed by atoms with Crippen LogP contribution in [0.3, 0.4) is 0 Å². The number of rotatable bonds is 8. The van der Waals surface area contributed by atoms with Gasteiger partial charge in [-0.05, 0) is 37.9 Å². The minimum absolute atomic E-state index is 0.224. The van der Waals surface area contributed by atoms with Gasteiger partial charge in [0, 0.05) is 38.0 Å². The molecule has 0 fully saturated rings. The quantitative estimate of drug-likeness (QED) is 0.692. The normalized spacial score (nSPS) is 14.3. The summed E-state index contributed by atoms with van der Waals surface area (Å²) < 4.78 is 2.11. The van der Waals surface area contributed by atoms with Crippen LogP contribution in [-0.2, 0) is 24.3 Å². The van der Waals surface area contributed by atoms with Crippen molar-refractivity contribution in [3.8, 4) is 5.69 Å². The lowest BCUT2D eigenvalue weighted by molar-refractivity contribution is -0.132. The van der Waals surface area contributed by atoms with E-state index in [1.54, 1.807) is 0 Å². The first-order valence-electron chi connectivity index (χ1n) is 10.7. The van der Waals surface area contributed by atoms with E-state index in [0.717, 1.165) is 50.4 Å². The fraction of sp³-hybridized carbons (Fsp3) is 0.565. The largest absolute Gasteiger partial charge is 0.337 e. The van der Waals surface area contributed by atoms with Gasteiger partial charge in [0.25, 0.3) is 0 Å². The Morgan fingerprint density at radius 2 is 1.96 bits per heavy atom. The molecule has 0 unspecified atom stereocenters. The number of nitrogens with zero attached hydrogens (tertiary/aromatic N) is 4. The number of amides is 1. The second-order valence-corrected chi connectivity index (χ2v) is 8.15. The molecule has 0 bridgehead atoms. The van der Waals surface area contributed by atoms with E-state index in [-0.39, 0.29) is 5.91 Å². The molecule has 3 rings (SSSR count). The van der Waals surface area contributed by atoms with Crippen LogP contribution in [0.15, 0.2) is 30.3 Å². The highest BCUT2D eigenvalue weighted by Crippen LogP contribution is 2.26. The maximum absolute atomic E-state index is 12.7. The van der Waals surface area contributed by atoms with E-state index in [1.165, 1.54) is 11.3 Å². The minimum Gasteiger partial charge on any atom is -0.337 e.